The van der Waals surface area contributed by atoms with E-state index in [2.05, 4.69) is 33.5 Å². The summed E-state index contributed by atoms with van der Waals surface area (Å²) in [5, 5.41) is 0.901. The van der Waals surface area contributed by atoms with E-state index >= 15 is 0 Å². The SMILES string of the molecule is COc1ccc(N(c2ccc(C#Cc3cc(C#Cc4ccc([N+](c5ccc(OC)cc5)c5ccc(OC)cc5)cc4)c(Cl)cc3Cl)cc2)c2ccc(OC)cc2)cc1. The monoisotopic (exact) mass is 800 g/mol. The highest BCUT2D eigenvalue weighted by molar-refractivity contribution is 6.36. The second-order valence-electron chi connectivity index (χ2n) is 12.9. The van der Waals surface area contributed by atoms with Crippen LogP contribution in [0.3, 0.4) is 0 Å². The number of benzene rings is 7. The van der Waals surface area contributed by atoms with Crippen LogP contribution in [0.5, 0.6) is 23.0 Å². The normalized spacial score (nSPS) is 10.5. The number of hydrogen-bond acceptors (Lipinski definition) is 6. The van der Waals surface area contributed by atoms with Crippen molar-refractivity contribution in [2.24, 2.45) is 0 Å². The number of methoxy groups -OCH3 is 4. The third kappa shape index (κ3) is 9.24. The van der Waals surface area contributed by atoms with Gasteiger partial charge in [-0.25, -0.2) is 0 Å². The summed E-state index contributed by atoms with van der Waals surface area (Å²) in [6, 6.07) is 51.4. The number of anilines is 6. The van der Waals surface area contributed by atoms with Crippen molar-refractivity contribution in [2.45, 2.75) is 0 Å². The van der Waals surface area contributed by atoms with Crippen molar-refractivity contribution in [3.05, 3.63) is 190 Å². The maximum absolute atomic E-state index is 6.63. The zero-order valence-corrected chi connectivity index (χ0v) is 33.8. The van der Waals surface area contributed by atoms with Crippen molar-refractivity contribution in [1.29, 1.82) is 0 Å². The Kier molecular flexibility index (Phi) is 12.5. The van der Waals surface area contributed by atoms with E-state index in [0.717, 1.165) is 68.2 Å². The lowest BCUT2D eigenvalue weighted by molar-refractivity contribution is 0.414. The standard InChI is InChI=1S/C50H38Cl2N2O4/c1-55-45-25-17-41(18-26-45)53(42-19-27-46(56-2)28-20-42)39-13-7-35(8-14-39)5-11-37-33-38(50(52)34-49(37)51)12-6-36-9-15-40(16-10-36)54(43-21-29-47(57-3)30-22-43)44-23-31-48(58-4)32-24-44/h7-10,13-34H,1-4H3/q+1. The molecule has 0 heterocycles. The summed E-state index contributed by atoms with van der Waals surface area (Å²) in [5.41, 5.74) is 8.74. The lowest BCUT2D eigenvalue weighted by Gasteiger charge is -2.25. The quantitative estimate of drug-likeness (QED) is 0.102. The number of ether oxygens (including phenoxy) is 4. The van der Waals surface area contributed by atoms with Crippen molar-refractivity contribution in [1.82, 2.24) is 4.90 Å². The first-order valence-electron chi connectivity index (χ1n) is 18.3. The van der Waals surface area contributed by atoms with E-state index in [1.165, 1.54) is 0 Å². The maximum atomic E-state index is 6.63. The van der Waals surface area contributed by atoms with Gasteiger partial charge in [0.2, 0.25) is 0 Å². The van der Waals surface area contributed by atoms with Gasteiger partial charge in [0, 0.05) is 75.7 Å². The molecule has 285 valence electrons. The predicted molar refractivity (Wildman–Crippen MR) is 236 cm³/mol. The van der Waals surface area contributed by atoms with E-state index in [1.54, 1.807) is 34.5 Å². The molecule has 0 amide bonds. The zero-order chi connectivity index (χ0) is 40.4. The van der Waals surface area contributed by atoms with E-state index in [0.29, 0.717) is 21.2 Å². The van der Waals surface area contributed by atoms with Gasteiger partial charge in [-0.3, -0.25) is 0 Å². The molecule has 8 heteroatoms. The van der Waals surface area contributed by atoms with Crippen LogP contribution >= 0.6 is 23.2 Å². The van der Waals surface area contributed by atoms with Crippen LogP contribution in [0.4, 0.5) is 34.1 Å². The molecule has 7 aromatic rings. The number of nitrogens with zero attached hydrogens (tertiary/aromatic N) is 2. The van der Waals surface area contributed by atoms with Gasteiger partial charge in [0.15, 0.2) is 17.1 Å². The molecule has 0 fully saturated rings. The highest BCUT2D eigenvalue weighted by Crippen LogP contribution is 2.37. The fourth-order valence-electron chi connectivity index (χ4n) is 6.23. The van der Waals surface area contributed by atoms with Crippen LogP contribution in [0.25, 0.3) is 0 Å². The molecule has 58 heavy (non-hydrogen) atoms. The number of hydrogen-bond donors (Lipinski definition) is 0. The molecule has 0 aliphatic rings. The minimum Gasteiger partial charge on any atom is -0.497 e. The van der Waals surface area contributed by atoms with Crippen molar-refractivity contribution in [3.8, 4) is 46.7 Å². The second-order valence-corrected chi connectivity index (χ2v) is 13.7. The van der Waals surface area contributed by atoms with Crippen LogP contribution in [0.1, 0.15) is 22.3 Å². The maximum Gasteiger partial charge on any atom is 0.192 e. The van der Waals surface area contributed by atoms with Crippen molar-refractivity contribution < 1.29 is 18.9 Å². The van der Waals surface area contributed by atoms with E-state index < -0.39 is 0 Å². The second kappa shape index (κ2) is 18.4. The molecule has 6 nitrogen and oxygen atoms in total. The molecule has 0 spiro atoms. The summed E-state index contributed by atoms with van der Waals surface area (Å²) in [7, 11) is 6.63. The van der Waals surface area contributed by atoms with Crippen molar-refractivity contribution in [3.63, 3.8) is 0 Å². The van der Waals surface area contributed by atoms with Gasteiger partial charge in [0.05, 0.1) is 38.5 Å². The average Bonchev–Trinajstić information content (AvgIpc) is 3.27. The molecule has 0 unspecified atom stereocenters. The fraction of sp³-hybridized carbons (Fsp3) is 0.0800. The fourth-order valence-corrected chi connectivity index (χ4v) is 6.70. The molecule has 0 atom stereocenters. The van der Waals surface area contributed by atoms with E-state index in [9.17, 15) is 0 Å². The van der Waals surface area contributed by atoms with Crippen LogP contribution in [-0.2, 0) is 0 Å². The molecule has 0 aliphatic carbocycles. The Morgan fingerprint density at radius 2 is 0.672 bits per heavy atom. The Hall–Kier alpha value is -6.80. The average molecular weight is 802 g/mol. The summed E-state index contributed by atoms with van der Waals surface area (Å²) in [6.07, 6.45) is 0. The Labute approximate surface area is 349 Å². The minimum atomic E-state index is 0.450. The van der Waals surface area contributed by atoms with E-state index in [-0.39, 0.29) is 0 Å². The van der Waals surface area contributed by atoms with E-state index in [4.69, 9.17) is 42.1 Å². The van der Waals surface area contributed by atoms with Gasteiger partial charge in [0.25, 0.3) is 0 Å². The summed E-state index contributed by atoms with van der Waals surface area (Å²) in [6.45, 7) is 0. The van der Waals surface area contributed by atoms with E-state index in [1.807, 2.05) is 152 Å². The van der Waals surface area contributed by atoms with Crippen LogP contribution in [0.15, 0.2) is 158 Å². The molecule has 1 radical (unpaired) electrons. The van der Waals surface area contributed by atoms with Gasteiger partial charge < -0.3 is 23.8 Å². The third-order valence-electron chi connectivity index (χ3n) is 9.31. The molecule has 0 N–H and O–H groups in total. The van der Waals surface area contributed by atoms with Crippen molar-refractivity contribution in [2.75, 3.05) is 33.3 Å². The number of halogens is 2. The molecular formula is C50H38Cl2N2O4+. The van der Waals surface area contributed by atoms with Gasteiger partial charge >= 0.3 is 0 Å². The Bertz CT molecular complexity index is 2330. The summed E-state index contributed by atoms with van der Waals surface area (Å²) in [4.78, 5) is 4.31. The summed E-state index contributed by atoms with van der Waals surface area (Å²) in [5.74, 6) is 16.1. The lowest BCUT2D eigenvalue weighted by Crippen LogP contribution is -2.11. The molecule has 7 aromatic carbocycles. The molecule has 0 saturated heterocycles. The molecule has 0 saturated carbocycles. The summed E-state index contributed by atoms with van der Waals surface area (Å²) >= 11 is 13.3. The van der Waals surface area contributed by atoms with Gasteiger partial charge in [-0.15, -0.1) is 0 Å². The first-order chi connectivity index (χ1) is 28.3. The summed E-state index contributed by atoms with van der Waals surface area (Å²) < 4.78 is 21.6. The van der Waals surface area contributed by atoms with Gasteiger partial charge in [-0.1, -0.05) is 51.8 Å². The molecule has 0 aromatic heterocycles. The Morgan fingerprint density at radius 1 is 0.379 bits per heavy atom. The highest BCUT2D eigenvalue weighted by Gasteiger charge is 2.26. The predicted octanol–water partition coefficient (Wildman–Crippen LogP) is 12.7. The molecule has 0 bridgehead atoms. The largest absolute Gasteiger partial charge is 0.497 e. The van der Waals surface area contributed by atoms with Gasteiger partial charge in [-0.05, 0) is 121 Å². The zero-order valence-electron chi connectivity index (χ0n) is 32.3. The van der Waals surface area contributed by atoms with Gasteiger partial charge in [-0.2, -0.15) is 0 Å². The Balaban J connectivity index is 1.12. The Morgan fingerprint density at radius 3 is 1.02 bits per heavy atom. The first-order valence-corrected chi connectivity index (χ1v) is 19.0. The molecular weight excluding hydrogens is 763 g/mol. The minimum absolute atomic E-state index is 0.450. The third-order valence-corrected chi connectivity index (χ3v) is 9.94. The highest BCUT2D eigenvalue weighted by atomic mass is 35.5. The smallest absolute Gasteiger partial charge is 0.192 e. The number of rotatable bonds is 10. The molecule has 7 rings (SSSR count). The topological polar surface area (TPSA) is 46.1 Å². The lowest BCUT2D eigenvalue weighted by atomic mass is 10.1. The first kappa shape index (κ1) is 39.4. The molecule has 0 aliphatic heterocycles. The van der Waals surface area contributed by atoms with Crippen LogP contribution < -0.4 is 28.7 Å². The van der Waals surface area contributed by atoms with Crippen molar-refractivity contribution >= 4 is 57.3 Å². The van der Waals surface area contributed by atoms with Crippen LogP contribution in [0.2, 0.25) is 10.0 Å². The van der Waals surface area contributed by atoms with Gasteiger partial charge in [0.1, 0.15) is 23.0 Å². The van der Waals surface area contributed by atoms with Crippen LogP contribution in [0, 0.1) is 23.7 Å². The van der Waals surface area contributed by atoms with Crippen LogP contribution in [-0.4, -0.2) is 28.4 Å².